The average Bonchev–Trinajstić information content (AvgIpc) is 3.22. The average molecular weight is 567 g/mol. The van der Waals surface area contributed by atoms with Gasteiger partial charge in [-0.25, -0.2) is 19.3 Å². The monoisotopic (exact) mass is 566 g/mol. The Morgan fingerprint density at radius 2 is 1.95 bits per heavy atom. The zero-order valence-corrected chi connectivity index (χ0v) is 23.0. The SMILES string of the molecule is C[C@@H]1OCC2(CCN(c3cnc(Sc4ccc5ncn(Cc6ccccc6F)c(=O)c5c4Cl)cn3)CC2)[C@@H]1N. The van der Waals surface area contributed by atoms with Gasteiger partial charge in [-0.1, -0.05) is 41.6 Å². The Balaban J connectivity index is 1.19. The van der Waals surface area contributed by atoms with E-state index < -0.39 is 0 Å². The molecule has 2 saturated heterocycles. The molecule has 0 unspecified atom stereocenters. The van der Waals surface area contributed by atoms with Crippen LogP contribution in [0, 0.1) is 11.2 Å². The molecule has 1 spiro atoms. The van der Waals surface area contributed by atoms with Gasteiger partial charge in [0.05, 0.1) is 53.9 Å². The van der Waals surface area contributed by atoms with E-state index in [9.17, 15) is 9.18 Å². The van der Waals surface area contributed by atoms with Crippen LogP contribution in [0.2, 0.25) is 5.02 Å². The van der Waals surface area contributed by atoms with E-state index in [1.54, 1.807) is 36.7 Å². The third kappa shape index (κ3) is 4.91. The maximum atomic E-state index is 14.2. The lowest BCUT2D eigenvalue weighted by Crippen LogP contribution is -2.50. The zero-order chi connectivity index (χ0) is 27.1. The molecular weight excluding hydrogens is 539 g/mol. The molecule has 8 nitrogen and oxygen atoms in total. The first kappa shape index (κ1) is 26.2. The fourth-order valence-electron chi connectivity index (χ4n) is 5.48. The summed E-state index contributed by atoms with van der Waals surface area (Å²) in [5, 5.41) is 1.23. The standard InChI is InChI=1S/C28H28ClFN6O2S/c1-17-26(31)28(15-38-17)8-10-35(11-9-28)22-12-33-23(13-32-22)39-21-7-6-20-24(25(21)29)27(37)36(16-34-20)14-18-4-2-3-5-19(18)30/h2-7,12-13,16-17,26H,8-11,14-15,31H2,1H3/t17-,26+/m0/s1. The normalized spacial score (nSPS) is 20.7. The van der Waals surface area contributed by atoms with E-state index in [0.29, 0.717) is 21.0 Å². The van der Waals surface area contributed by atoms with Crippen molar-refractivity contribution >= 4 is 40.1 Å². The van der Waals surface area contributed by atoms with Crippen LogP contribution in [-0.2, 0) is 11.3 Å². The quantitative estimate of drug-likeness (QED) is 0.377. The van der Waals surface area contributed by atoms with Gasteiger partial charge in [0.2, 0.25) is 0 Å². The highest BCUT2D eigenvalue weighted by molar-refractivity contribution is 7.99. The molecule has 0 bridgehead atoms. The van der Waals surface area contributed by atoms with E-state index in [1.807, 2.05) is 13.0 Å². The number of nitrogens with zero attached hydrogens (tertiary/aromatic N) is 5. The minimum atomic E-state index is -0.378. The van der Waals surface area contributed by atoms with Crippen molar-refractivity contribution in [3.05, 3.63) is 81.9 Å². The van der Waals surface area contributed by atoms with Crippen molar-refractivity contribution in [2.24, 2.45) is 11.1 Å². The van der Waals surface area contributed by atoms with Crippen molar-refractivity contribution < 1.29 is 9.13 Å². The summed E-state index contributed by atoms with van der Waals surface area (Å²) in [6, 6.07) is 9.98. The van der Waals surface area contributed by atoms with E-state index in [-0.39, 0.29) is 45.9 Å². The molecule has 11 heteroatoms. The Bertz CT molecular complexity index is 1580. The molecule has 4 heterocycles. The van der Waals surface area contributed by atoms with Crippen molar-refractivity contribution in [1.82, 2.24) is 19.5 Å². The van der Waals surface area contributed by atoms with Gasteiger partial charge >= 0.3 is 0 Å². The first-order valence-electron chi connectivity index (χ1n) is 12.9. The Hall–Kier alpha value is -3.05. The minimum Gasteiger partial charge on any atom is -0.376 e. The van der Waals surface area contributed by atoms with Gasteiger partial charge in [-0.15, -0.1) is 0 Å². The molecule has 0 amide bonds. The Morgan fingerprint density at radius 1 is 1.15 bits per heavy atom. The summed E-state index contributed by atoms with van der Waals surface area (Å²) in [6.07, 6.45) is 6.93. The van der Waals surface area contributed by atoms with Crippen LogP contribution in [0.25, 0.3) is 10.9 Å². The molecule has 6 rings (SSSR count). The molecule has 39 heavy (non-hydrogen) atoms. The van der Waals surface area contributed by atoms with Gasteiger partial charge in [-0.2, -0.15) is 0 Å². The molecule has 2 aliphatic heterocycles. The minimum absolute atomic E-state index is 0.0503. The van der Waals surface area contributed by atoms with E-state index in [0.717, 1.165) is 38.4 Å². The molecule has 202 valence electrons. The molecule has 2 N–H and O–H groups in total. The lowest BCUT2D eigenvalue weighted by Gasteiger charge is -2.41. The molecule has 2 fully saturated rings. The lowest BCUT2D eigenvalue weighted by atomic mass is 9.73. The summed E-state index contributed by atoms with van der Waals surface area (Å²) < 4.78 is 21.4. The summed E-state index contributed by atoms with van der Waals surface area (Å²) in [5.41, 5.74) is 7.04. The van der Waals surface area contributed by atoms with Crippen molar-refractivity contribution in [3.63, 3.8) is 0 Å². The van der Waals surface area contributed by atoms with Crippen LogP contribution in [0.5, 0.6) is 0 Å². The van der Waals surface area contributed by atoms with Gasteiger partial charge in [0, 0.05) is 35.0 Å². The molecule has 0 saturated carbocycles. The topological polar surface area (TPSA) is 99.2 Å². The largest absolute Gasteiger partial charge is 0.376 e. The number of hydrogen-bond donors (Lipinski definition) is 1. The van der Waals surface area contributed by atoms with E-state index in [4.69, 9.17) is 22.1 Å². The number of benzene rings is 2. The fraction of sp³-hybridized carbons (Fsp3) is 0.357. The molecule has 2 atom stereocenters. The predicted octanol–water partition coefficient (Wildman–Crippen LogP) is 4.51. The number of anilines is 1. The first-order valence-corrected chi connectivity index (χ1v) is 14.1. The fourth-order valence-corrected chi connectivity index (χ4v) is 6.60. The summed E-state index contributed by atoms with van der Waals surface area (Å²) in [6.45, 7) is 4.54. The van der Waals surface area contributed by atoms with E-state index in [1.165, 1.54) is 28.7 Å². The number of piperidine rings is 1. The molecule has 4 aromatic rings. The summed E-state index contributed by atoms with van der Waals surface area (Å²) in [4.78, 5) is 29.8. The van der Waals surface area contributed by atoms with Crippen LogP contribution in [0.1, 0.15) is 25.3 Å². The highest BCUT2D eigenvalue weighted by Crippen LogP contribution is 2.42. The Labute approximate surface area is 234 Å². The van der Waals surface area contributed by atoms with Gasteiger partial charge in [-0.05, 0) is 38.0 Å². The zero-order valence-electron chi connectivity index (χ0n) is 21.4. The van der Waals surface area contributed by atoms with E-state index in [2.05, 4.69) is 19.9 Å². The second kappa shape index (κ2) is 10.5. The number of halogens is 2. The van der Waals surface area contributed by atoms with Crippen molar-refractivity contribution in [3.8, 4) is 0 Å². The van der Waals surface area contributed by atoms with Crippen molar-refractivity contribution in [2.75, 3.05) is 24.6 Å². The predicted molar refractivity (Wildman–Crippen MR) is 150 cm³/mol. The summed E-state index contributed by atoms with van der Waals surface area (Å²) in [7, 11) is 0. The molecular formula is C28H28ClFN6O2S. The molecule has 0 radical (unpaired) electrons. The van der Waals surface area contributed by atoms with Crippen molar-refractivity contribution in [2.45, 2.75) is 48.4 Å². The first-order chi connectivity index (χ1) is 18.8. The third-order valence-electron chi connectivity index (χ3n) is 7.95. The lowest BCUT2D eigenvalue weighted by molar-refractivity contribution is 0.0974. The van der Waals surface area contributed by atoms with Crippen LogP contribution < -0.4 is 16.2 Å². The number of fused-ring (bicyclic) bond motifs is 1. The van der Waals surface area contributed by atoms with Crippen LogP contribution in [-0.4, -0.2) is 51.4 Å². The summed E-state index contributed by atoms with van der Waals surface area (Å²) >= 11 is 8.04. The van der Waals surface area contributed by atoms with E-state index >= 15 is 0 Å². The van der Waals surface area contributed by atoms with Gasteiger partial charge in [0.25, 0.3) is 5.56 Å². The highest BCUT2D eigenvalue weighted by Gasteiger charge is 2.47. The second-order valence-electron chi connectivity index (χ2n) is 10.2. The van der Waals surface area contributed by atoms with Gasteiger partial charge < -0.3 is 15.4 Å². The maximum absolute atomic E-state index is 14.2. The van der Waals surface area contributed by atoms with Crippen molar-refractivity contribution in [1.29, 1.82) is 0 Å². The van der Waals surface area contributed by atoms with Crippen LogP contribution >= 0.6 is 23.4 Å². The van der Waals surface area contributed by atoms with Crippen LogP contribution in [0.4, 0.5) is 10.2 Å². The maximum Gasteiger partial charge on any atom is 0.263 e. The molecule has 2 aliphatic rings. The Kier molecular flexibility index (Phi) is 7.05. The van der Waals surface area contributed by atoms with Crippen LogP contribution in [0.3, 0.4) is 0 Å². The van der Waals surface area contributed by atoms with Gasteiger partial charge in [0.1, 0.15) is 16.7 Å². The van der Waals surface area contributed by atoms with Crippen LogP contribution in [0.15, 0.2) is 69.8 Å². The molecule has 2 aromatic heterocycles. The number of rotatable bonds is 5. The number of ether oxygens (including phenoxy) is 1. The molecule has 0 aliphatic carbocycles. The smallest absolute Gasteiger partial charge is 0.263 e. The number of nitrogens with two attached hydrogens (primary N) is 1. The summed E-state index contributed by atoms with van der Waals surface area (Å²) in [5.74, 6) is 0.441. The second-order valence-corrected chi connectivity index (χ2v) is 11.7. The third-order valence-corrected chi connectivity index (χ3v) is 9.44. The molecule has 2 aromatic carbocycles. The van der Waals surface area contributed by atoms with Gasteiger partial charge in [0.15, 0.2) is 0 Å². The van der Waals surface area contributed by atoms with Gasteiger partial charge in [-0.3, -0.25) is 9.36 Å². The Morgan fingerprint density at radius 3 is 2.64 bits per heavy atom. The number of hydrogen-bond acceptors (Lipinski definition) is 8. The highest BCUT2D eigenvalue weighted by atomic mass is 35.5. The number of aromatic nitrogens is 4.